The highest BCUT2D eigenvalue weighted by molar-refractivity contribution is 5.93. The second-order valence-corrected chi connectivity index (χ2v) is 6.37. The highest BCUT2D eigenvalue weighted by Gasteiger charge is 2.12. The first-order chi connectivity index (χ1) is 14.3. The maximum atomic E-state index is 6.03. The molecule has 3 aromatic carbocycles. The molecule has 4 rings (SSSR count). The standard InChI is InChI=1S/C24H19N3O2/c1-3-17-10-7-11-19(12-17)27-24-20-13-23(29-15-18-8-5-4-6-9-18)22(28-2)14-21(20)25-16-26-24/h1,4-14,16H,15H2,2H3,(H,25,26,27). The zero-order valence-electron chi connectivity index (χ0n) is 15.9. The predicted molar refractivity (Wildman–Crippen MR) is 115 cm³/mol. The van der Waals surface area contributed by atoms with Gasteiger partial charge in [0.1, 0.15) is 18.8 Å². The van der Waals surface area contributed by atoms with E-state index in [1.165, 1.54) is 6.33 Å². The number of nitrogens with zero attached hydrogens (tertiary/aromatic N) is 2. The smallest absolute Gasteiger partial charge is 0.162 e. The number of hydrogen-bond donors (Lipinski definition) is 1. The molecule has 0 fully saturated rings. The van der Waals surface area contributed by atoms with Crippen molar-refractivity contribution in [2.75, 3.05) is 12.4 Å². The summed E-state index contributed by atoms with van der Waals surface area (Å²) in [6.45, 7) is 0.434. The van der Waals surface area contributed by atoms with Crippen LogP contribution < -0.4 is 14.8 Å². The van der Waals surface area contributed by atoms with Gasteiger partial charge in [-0.15, -0.1) is 6.42 Å². The van der Waals surface area contributed by atoms with Gasteiger partial charge in [-0.1, -0.05) is 42.3 Å². The molecule has 0 bridgehead atoms. The largest absolute Gasteiger partial charge is 0.493 e. The summed E-state index contributed by atoms with van der Waals surface area (Å²) in [6, 6.07) is 21.3. The van der Waals surface area contributed by atoms with Gasteiger partial charge in [-0.05, 0) is 29.8 Å². The molecule has 0 aliphatic rings. The third-order valence-electron chi connectivity index (χ3n) is 4.45. The van der Waals surface area contributed by atoms with E-state index in [0.717, 1.165) is 27.7 Å². The lowest BCUT2D eigenvalue weighted by Crippen LogP contribution is -2.00. The summed E-state index contributed by atoms with van der Waals surface area (Å²) in [5.41, 5.74) is 3.47. The predicted octanol–water partition coefficient (Wildman–Crippen LogP) is 4.94. The molecule has 5 nitrogen and oxygen atoms in total. The zero-order chi connectivity index (χ0) is 20.1. The summed E-state index contributed by atoms with van der Waals surface area (Å²) in [6.07, 6.45) is 7.02. The number of benzene rings is 3. The lowest BCUT2D eigenvalue weighted by atomic mass is 10.2. The van der Waals surface area contributed by atoms with Crippen LogP contribution in [0.25, 0.3) is 10.9 Å². The Morgan fingerprint density at radius 3 is 2.62 bits per heavy atom. The SMILES string of the molecule is C#Cc1cccc(Nc2ncnc3cc(OC)c(OCc4ccccc4)cc23)c1. The van der Waals surface area contributed by atoms with Crippen molar-refractivity contribution < 1.29 is 9.47 Å². The van der Waals surface area contributed by atoms with E-state index in [1.54, 1.807) is 7.11 Å². The monoisotopic (exact) mass is 381 g/mol. The minimum absolute atomic E-state index is 0.434. The molecule has 0 aliphatic heterocycles. The molecule has 0 saturated carbocycles. The number of hydrogen-bond acceptors (Lipinski definition) is 5. The molecular formula is C24H19N3O2. The maximum absolute atomic E-state index is 6.03. The molecule has 142 valence electrons. The van der Waals surface area contributed by atoms with Crippen molar-refractivity contribution in [1.82, 2.24) is 9.97 Å². The number of rotatable bonds is 6. The van der Waals surface area contributed by atoms with Crippen molar-refractivity contribution in [3.8, 4) is 23.8 Å². The third-order valence-corrected chi connectivity index (χ3v) is 4.45. The summed E-state index contributed by atoms with van der Waals surface area (Å²) in [7, 11) is 1.61. The van der Waals surface area contributed by atoms with E-state index < -0.39 is 0 Å². The van der Waals surface area contributed by atoms with Crippen LogP contribution in [0.15, 0.2) is 73.1 Å². The molecule has 5 heteroatoms. The molecule has 1 heterocycles. The van der Waals surface area contributed by atoms with E-state index in [0.29, 0.717) is 23.9 Å². The summed E-state index contributed by atoms with van der Waals surface area (Å²) >= 11 is 0. The zero-order valence-corrected chi connectivity index (χ0v) is 15.9. The minimum Gasteiger partial charge on any atom is -0.493 e. The van der Waals surface area contributed by atoms with Gasteiger partial charge in [-0.25, -0.2) is 9.97 Å². The van der Waals surface area contributed by atoms with E-state index >= 15 is 0 Å². The number of aromatic nitrogens is 2. The number of anilines is 2. The van der Waals surface area contributed by atoms with Crippen LogP contribution in [0.5, 0.6) is 11.5 Å². The molecular weight excluding hydrogens is 362 g/mol. The van der Waals surface area contributed by atoms with E-state index in [-0.39, 0.29) is 0 Å². The fourth-order valence-corrected chi connectivity index (χ4v) is 2.99. The van der Waals surface area contributed by atoms with Crippen LogP contribution in [0.1, 0.15) is 11.1 Å². The summed E-state index contributed by atoms with van der Waals surface area (Å²) < 4.78 is 11.5. The molecule has 1 aromatic heterocycles. The van der Waals surface area contributed by atoms with Crippen LogP contribution in [0, 0.1) is 12.3 Å². The lowest BCUT2D eigenvalue weighted by Gasteiger charge is -2.14. The Morgan fingerprint density at radius 1 is 0.966 bits per heavy atom. The first-order valence-corrected chi connectivity index (χ1v) is 9.10. The van der Waals surface area contributed by atoms with Gasteiger partial charge < -0.3 is 14.8 Å². The lowest BCUT2D eigenvalue weighted by molar-refractivity contribution is 0.285. The van der Waals surface area contributed by atoms with Gasteiger partial charge in [0.15, 0.2) is 11.5 Å². The van der Waals surface area contributed by atoms with Gasteiger partial charge in [-0.3, -0.25) is 0 Å². The number of nitrogens with one attached hydrogen (secondary N) is 1. The van der Waals surface area contributed by atoms with Crippen molar-refractivity contribution in [3.63, 3.8) is 0 Å². The van der Waals surface area contributed by atoms with E-state index in [9.17, 15) is 0 Å². The molecule has 4 aromatic rings. The Balaban J connectivity index is 1.69. The molecule has 0 unspecified atom stereocenters. The Morgan fingerprint density at radius 2 is 1.83 bits per heavy atom. The van der Waals surface area contributed by atoms with Gasteiger partial charge in [0.05, 0.1) is 12.6 Å². The van der Waals surface area contributed by atoms with Gasteiger partial charge in [0.25, 0.3) is 0 Å². The Labute approximate surface area is 169 Å². The molecule has 0 atom stereocenters. The third kappa shape index (κ3) is 4.12. The molecule has 29 heavy (non-hydrogen) atoms. The van der Waals surface area contributed by atoms with Crippen LogP contribution >= 0.6 is 0 Å². The average Bonchev–Trinajstić information content (AvgIpc) is 2.78. The molecule has 0 aliphatic carbocycles. The van der Waals surface area contributed by atoms with Gasteiger partial charge >= 0.3 is 0 Å². The fraction of sp³-hybridized carbons (Fsp3) is 0.0833. The maximum Gasteiger partial charge on any atom is 0.162 e. The fourth-order valence-electron chi connectivity index (χ4n) is 2.99. The first-order valence-electron chi connectivity index (χ1n) is 9.10. The molecule has 0 saturated heterocycles. The van der Waals surface area contributed by atoms with Crippen molar-refractivity contribution in [3.05, 3.63) is 84.2 Å². The average molecular weight is 381 g/mol. The van der Waals surface area contributed by atoms with Crippen LogP contribution in [0.2, 0.25) is 0 Å². The van der Waals surface area contributed by atoms with Gasteiger partial charge in [0.2, 0.25) is 0 Å². The minimum atomic E-state index is 0.434. The Bertz CT molecular complexity index is 1180. The van der Waals surface area contributed by atoms with Crippen molar-refractivity contribution in [1.29, 1.82) is 0 Å². The van der Waals surface area contributed by atoms with Crippen molar-refractivity contribution in [2.45, 2.75) is 6.61 Å². The van der Waals surface area contributed by atoms with Crippen LogP contribution in [-0.2, 0) is 6.61 Å². The van der Waals surface area contributed by atoms with Gasteiger partial charge in [0, 0.05) is 22.7 Å². The molecule has 1 N–H and O–H groups in total. The summed E-state index contributed by atoms with van der Waals surface area (Å²) in [4.78, 5) is 8.77. The second kappa shape index (κ2) is 8.32. The highest BCUT2D eigenvalue weighted by Crippen LogP contribution is 2.35. The topological polar surface area (TPSA) is 56.3 Å². The van der Waals surface area contributed by atoms with Crippen LogP contribution in [0.3, 0.4) is 0 Å². The Hall–Kier alpha value is -4.04. The van der Waals surface area contributed by atoms with Crippen LogP contribution in [0.4, 0.5) is 11.5 Å². The van der Waals surface area contributed by atoms with E-state index in [1.807, 2.05) is 66.7 Å². The number of ether oxygens (including phenoxy) is 2. The van der Waals surface area contributed by atoms with Crippen LogP contribution in [-0.4, -0.2) is 17.1 Å². The second-order valence-electron chi connectivity index (χ2n) is 6.37. The van der Waals surface area contributed by atoms with Crippen molar-refractivity contribution >= 4 is 22.4 Å². The molecule has 0 spiro atoms. The van der Waals surface area contributed by atoms with Crippen molar-refractivity contribution in [2.24, 2.45) is 0 Å². The normalized spacial score (nSPS) is 10.3. The summed E-state index contributed by atoms with van der Waals surface area (Å²) in [5, 5.41) is 4.14. The van der Waals surface area contributed by atoms with Gasteiger partial charge in [-0.2, -0.15) is 0 Å². The first kappa shape index (κ1) is 18.3. The van der Waals surface area contributed by atoms with E-state index in [2.05, 4.69) is 21.2 Å². The highest BCUT2D eigenvalue weighted by atomic mass is 16.5. The summed E-state index contributed by atoms with van der Waals surface area (Å²) in [5.74, 6) is 4.54. The number of terminal acetylenes is 1. The quantitative estimate of drug-likeness (QED) is 0.479. The molecule has 0 amide bonds. The number of fused-ring (bicyclic) bond motifs is 1. The molecule has 0 radical (unpaired) electrons. The Kier molecular flexibility index (Phi) is 5.26. The number of methoxy groups -OCH3 is 1. The van der Waals surface area contributed by atoms with E-state index in [4.69, 9.17) is 15.9 Å².